The molecule has 0 bridgehead atoms. The lowest BCUT2D eigenvalue weighted by Crippen LogP contribution is -2.54. The van der Waals surface area contributed by atoms with Gasteiger partial charge in [-0.15, -0.1) is 0 Å². The number of benzene rings is 5. The minimum Gasteiger partial charge on any atom is -0.491 e. The number of cyclic esters (lactones) is 1. The van der Waals surface area contributed by atoms with Crippen molar-refractivity contribution in [2.24, 2.45) is 11.8 Å². The number of carbonyl (C=O) groups excluding carboxylic acids is 6. The van der Waals surface area contributed by atoms with Gasteiger partial charge in [0.05, 0.1) is 61.3 Å². The van der Waals surface area contributed by atoms with Crippen LogP contribution in [0.15, 0.2) is 127 Å². The quantitative estimate of drug-likeness (QED) is 0.0395. The lowest BCUT2D eigenvalue weighted by atomic mass is 9.65. The van der Waals surface area contributed by atoms with Crippen LogP contribution < -0.4 is 15.0 Å². The van der Waals surface area contributed by atoms with Gasteiger partial charge in [0.25, 0.3) is 0 Å². The molecule has 368 valence electrons. The van der Waals surface area contributed by atoms with Crippen LogP contribution in [-0.4, -0.2) is 105 Å². The number of nitrogens with one attached hydrogen (secondary N) is 1. The number of aliphatic hydroxyl groups is 1. The lowest BCUT2D eigenvalue weighted by molar-refractivity contribution is -0.178. The van der Waals surface area contributed by atoms with Crippen LogP contribution in [0, 0.1) is 23.7 Å². The van der Waals surface area contributed by atoms with Crippen molar-refractivity contribution in [1.29, 1.82) is 0 Å². The molecular formula is C54H48N4O13S. The van der Waals surface area contributed by atoms with E-state index in [1.165, 1.54) is 30.6 Å². The molecular weight excluding hydrogens is 945 g/mol. The van der Waals surface area contributed by atoms with E-state index < -0.39 is 77.3 Å². The van der Waals surface area contributed by atoms with Gasteiger partial charge in [-0.1, -0.05) is 114 Å². The zero-order valence-electron chi connectivity index (χ0n) is 39.2. The van der Waals surface area contributed by atoms with Crippen LogP contribution in [0.4, 0.5) is 15.6 Å². The number of imide groups is 1. The minimum atomic E-state index is -2.25. The number of morpholine rings is 1. The number of hydrogen-bond donors (Lipinski definition) is 2. The largest absolute Gasteiger partial charge is 0.491 e. The maximum Gasteiger partial charge on any atom is 0.421 e. The molecule has 1 spiro atoms. The van der Waals surface area contributed by atoms with E-state index in [-0.39, 0.29) is 60.5 Å². The molecule has 9 rings (SSSR count). The van der Waals surface area contributed by atoms with E-state index in [2.05, 4.69) is 17.2 Å². The number of aliphatic hydroxyl groups excluding tert-OH is 1. The van der Waals surface area contributed by atoms with Crippen molar-refractivity contribution in [3.8, 4) is 17.6 Å². The number of amides is 3. The molecule has 1 aromatic heterocycles. The van der Waals surface area contributed by atoms with Gasteiger partial charge in [0.2, 0.25) is 11.8 Å². The zero-order valence-corrected chi connectivity index (χ0v) is 40.0. The van der Waals surface area contributed by atoms with Gasteiger partial charge in [0.1, 0.15) is 36.5 Å². The SMILES string of the molecule is COCCOC(=O)N1C(=O)C2(c3cc(C#CCC(C(=O)OC)C(=O)OC)ccc31)C(C(=O)Nc1nc3ccccc3s1)C1C(=O)OC(c3ccccc3)C(c3ccccc3)N1C2c1ccccc1OCCO. The Balaban J connectivity index is 1.36. The maximum atomic E-state index is 16.6. The van der Waals surface area contributed by atoms with E-state index in [1.54, 1.807) is 36.4 Å². The highest BCUT2D eigenvalue weighted by atomic mass is 32.1. The van der Waals surface area contributed by atoms with E-state index in [0.717, 1.165) is 23.8 Å². The Labute approximate surface area is 417 Å². The van der Waals surface area contributed by atoms with Crippen molar-refractivity contribution in [2.45, 2.75) is 36.1 Å². The van der Waals surface area contributed by atoms with Gasteiger partial charge in [-0.25, -0.2) is 14.7 Å². The monoisotopic (exact) mass is 992 g/mol. The Bertz CT molecular complexity index is 3050. The fourth-order valence-electron chi connectivity index (χ4n) is 10.1. The number of hydrogen-bond acceptors (Lipinski definition) is 16. The van der Waals surface area contributed by atoms with Gasteiger partial charge < -0.3 is 38.8 Å². The summed E-state index contributed by atoms with van der Waals surface area (Å²) in [6, 6.07) is 33.2. The summed E-state index contributed by atoms with van der Waals surface area (Å²) >= 11 is 1.19. The van der Waals surface area contributed by atoms with Gasteiger partial charge in [-0.3, -0.25) is 28.9 Å². The molecule has 3 aliphatic rings. The molecule has 72 heavy (non-hydrogen) atoms. The summed E-state index contributed by atoms with van der Waals surface area (Å²) < 4.78 is 34.2. The Kier molecular flexibility index (Phi) is 14.4. The molecule has 6 aromatic rings. The minimum absolute atomic E-state index is 0.00877. The number of aromatic nitrogens is 1. The third-order valence-electron chi connectivity index (χ3n) is 13.0. The topological polar surface area (TPSA) is 209 Å². The summed E-state index contributed by atoms with van der Waals surface area (Å²) in [6.07, 6.45) is -2.42. The van der Waals surface area contributed by atoms with Gasteiger partial charge in [-0.2, -0.15) is 0 Å². The van der Waals surface area contributed by atoms with Crippen LogP contribution in [0.25, 0.3) is 10.2 Å². The molecule has 5 aromatic carbocycles. The van der Waals surface area contributed by atoms with Crippen molar-refractivity contribution >= 4 is 68.2 Å². The Morgan fingerprint density at radius 3 is 2.19 bits per heavy atom. The van der Waals surface area contributed by atoms with Crippen molar-refractivity contribution in [3.05, 3.63) is 155 Å². The van der Waals surface area contributed by atoms with Crippen molar-refractivity contribution in [2.75, 3.05) is 58.0 Å². The van der Waals surface area contributed by atoms with Crippen LogP contribution in [0.1, 0.15) is 52.4 Å². The van der Waals surface area contributed by atoms with Crippen LogP contribution in [0.5, 0.6) is 5.75 Å². The molecule has 6 atom stereocenters. The summed E-state index contributed by atoms with van der Waals surface area (Å²) in [4.78, 5) is 95.4. The van der Waals surface area contributed by atoms with Crippen molar-refractivity contribution in [3.63, 3.8) is 0 Å². The normalized spacial score (nSPS) is 21.1. The molecule has 2 fully saturated rings. The first-order valence-corrected chi connectivity index (χ1v) is 23.7. The summed E-state index contributed by atoms with van der Waals surface area (Å²) in [6.45, 7) is -0.800. The van der Waals surface area contributed by atoms with Crippen molar-refractivity contribution < 1.29 is 62.3 Å². The summed E-state index contributed by atoms with van der Waals surface area (Å²) in [5.41, 5.74) is 0.331. The first kappa shape index (κ1) is 49.0. The molecule has 2 saturated heterocycles. The van der Waals surface area contributed by atoms with Crippen LogP contribution in [-0.2, 0) is 53.1 Å². The van der Waals surface area contributed by atoms with Crippen molar-refractivity contribution in [1.82, 2.24) is 9.88 Å². The highest BCUT2D eigenvalue weighted by Crippen LogP contribution is 2.67. The molecule has 0 aliphatic carbocycles. The Morgan fingerprint density at radius 2 is 1.50 bits per heavy atom. The Morgan fingerprint density at radius 1 is 0.819 bits per heavy atom. The van der Waals surface area contributed by atoms with Gasteiger partial charge in [0, 0.05) is 24.7 Å². The number of methoxy groups -OCH3 is 3. The molecule has 17 nitrogen and oxygen atoms in total. The van der Waals surface area contributed by atoms with E-state index in [4.69, 9.17) is 33.4 Å². The van der Waals surface area contributed by atoms with Gasteiger partial charge in [0.15, 0.2) is 11.0 Å². The highest BCUT2D eigenvalue weighted by Gasteiger charge is 2.76. The molecule has 3 amide bonds. The number of esters is 3. The van der Waals surface area contributed by atoms with Crippen LogP contribution in [0.2, 0.25) is 0 Å². The van der Waals surface area contributed by atoms with E-state index in [9.17, 15) is 19.5 Å². The average molecular weight is 993 g/mol. The number of anilines is 2. The summed E-state index contributed by atoms with van der Waals surface area (Å²) in [5, 5.41) is 13.3. The van der Waals surface area contributed by atoms with Gasteiger partial charge in [-0.05, 0) is 53.1 Å². The predicted octanol–water partition coefficient (Wildman–Crippen LogP) is 6.46. The molecule has 4 heterocycles. The van der Waals surface area contributed by atoms with E-state index in [1.807, 2.05) is 83.8 Å². The summed E-state index contributed by atoms with van der Waals surface area (Å²) in [5.74, 6) is -1.28. The predicted molar refractivity (Wildman–Crippen MR) is 261 cm³/mol. The Hall–Kier alpha value is -7.95. The summed E-state index contributed by atoms with van der Waals surface area (Å²) in [7, 11) is 3.70. The number of nitrogens with zero attached hydrogens (tertiary/aromatic N) is 3. The molecule has 18 heteroatoms. The zero-order chi connectivity index (χ0) is 50.5. The van der Waals surface area contributed by atoms with Gasteiger partial charge >= 0.3 is 24.0 Å². The number of para-hydroxylation sites is 2. The average Bonchev–Trinajstić information content (AvgIpc) is 4.05. The highest BCUT2D eigenvalue weighted by molar-refractivity contribution is 7.22. The molecule has 0 radical (unpaired) electrons. The van der Waals surface area contributed by atoms with E-state index >= 15 is 14.4 Å². The standard InChI is InChI=1S/C54H48N4O13S/c1-66-29-30-70-53(65)57-39-26-25-32(15-14-21-36(48(61)67-2)49(62)68-3)31-37(39)54(51(57)64)42(47(60)56-52-55-38-22-11-13-24-41(38)72-52)44-50(63)71-45(34-18-8-5-9-19-34)43(33-16-6-4-7-17-33)58(44)46(54)35-20-10-12-23-40(35)69-28-27-59/h4-13,16-20,22-26,31,36,42-46,59H,21,27-30H2,1-3H3,(H,55,56,60). The lowest BCUT2D eigenvalue weighted by Gasteiger charge is -2.46. The second-order valence-corrected chi connectivity index (χ2v) is 18.0. The second kappa shape index (κ2) is 21.2. The molecule has 6 unspecified atom stereocenters. The van der Waals surface area contributed by atoms with Crippen LogP contribution >= 0.6 is 11.3 Å². The molecule has 2 N–H and O–H groups in total. The van der Waals surface area contributed by atoms with Crippen LogP contribution in [0.3, 0.4) is 0 Å². The van der Waals surface area contributed by atoms with E-state index in [0.29, 0.717) is 22.2 Å². The fourth-order valence-corrected chi connectivity index (χ4v) is 11.0. The number of carbonyl (C=O) groups is 6. The third-order valence-corrected chi connectivity index (χ3v) is 14.0. The number of fused-ring (bicyclic) bond motifs is 4. The third kappa shape index (κ3) is 8.81. The molecule has 0 saturated carbocycles. The smallest absolute Gasteiger partial charge is 0.421 e. The second-order valence-electron chi connectivity index (χ2n) is 16.9. The first-order valence-electron chi connectivity index (χ1n) is 22.9. The molecule has 3 aliphatic heterocycles. The number of ether oxygens (including phenoxy) is 6. The maximum absolute atomic E-state index is 16.6. The fraction of sp³-hybridized carbons (Fsp3) is 0.278. The number of thiazole rings is 1. The number of rotatable bonds is 14. The first-order chi connectivity index (χ1) is 35.1.